The second-order valence-corrected chi connectivity index (χ2v) is 4.06. The molecule has 0 fully saturated rings. The van der Waals surface area contributed by atoms with Crippen LogP contribution < -0.4 is 0 Å². The summed E-state index contributed by atoms with van der Waals surface area (Å²) in [4.78, 5) is 7.90. The van der Waals surface area contributed by atoms with E-state index in [9.17, 15) is 0 Å². The lowest BCUT2D eigenvalue weighted by Gasteiger charge is -1.99. The molecule has 13 heavy (non-hydrogen) atoms. The first-order chi connectivity index (χ1) is 6.16. The fourth-order valence-corrected chi connectivity index (χ4v) is 1.66. The number of benzene rings is 1. The Labute approximate surface area is 93.0 Å². The minimum Gasteiger partial charge on any atom is -0.226 e. The van der Waals surface area contributed by atoms with E-state index in [0.717, 1.165) is 15.4 Å². The van der Waals surface area contributed by atoms with E-state index in [4.69, 9.17) is 23.2 Å². The number of hydrogen-bond donors (Lipinski definition) is 0. The molecule has 2 aromatic rings. The van der Waals surface area contributed by atoms with Crippen LogP contribution in [0.5, 0.6) is 0 Å². The Morgan fingerprint density at radius 2 is 2.00 bits per heavy atom. The standard InChI is InChI=1S/C8H3BrCl2N2/c9-5-1-4-3-12-8(11)13-7(4)2-6(5)10/h1-3H. The topological polar surface area (TPSA) is 25.8 Å². The number of fused-ring (bicyclic) bond motifs is 1. The molecule has 0 saturated heterocycles. The van der Waals surface area contributed by atoms with Crippen LogP contribution in [-0.4, -0.2) is 9.97 Å². The van der Waals surface area contributed by atoms with Crippen molar-refractivity contribution in [1.82, 2.24) is 9.97 Å². The third kappa shape index (κ3) is 1.77. The van der Waals surface area contributed by atoms with Crippen molar-refractivity contribution >= 4 is 50.0 Å². The average molecular weight is 278 g/mol. The molecule has 5 heteroatoms. The van der Waals surface area contributed by atoms with Gasteiger partial charge in [-0.1, -0.05) is 11.6 Å². The van der Waals surface area contributed by atoms with E-state index in [1.165, 1.54) is 0 Å². The van der Waals surface area contributed by atoms with Crippen LogP contribution in [0.3, 0.4) is 0 Å². The molecule has 1 aromatic heterocycles. The molecule has 0 aliphatic heterocycles. The van der Waals surface area contributed by atoms with Gasteiger partial charge in [0.2, 0.25) is 5.28 Å². The summed E-state index contributed by atoms with van der Waals surface area (Å²) in [5, 5.41) is 1.74. The monoisotopic (exact) mass is 276 g/mol. The first-order valence-electron chi connectivity index (χ1n) is 3.44. The van der Waals surface area contributed by atoms with Crippen molar-refractivity contribution in [3.8, 4) is 0 Å². The maximum atomic E-state index is 5.89. The second-order valence-electron chi connectivity index (χ2n) is 2.46. The summed E-state index contributed by atoms with van der Waals surface area (Å²) in [6, 6.07) is 3.60. The van der Waals surface area contributed by atoms with Crippen molar-refractivity contribution < 1.29 is 0 Å². The van der Waals surface area contributed by atoms with Gasteiger partial charge in [-0.25, -0.2) is 9.97 Å². The van der Waals surface area contributed by atoms with Gasteiger partial charge in [-0.3, -0.25) is 0 Å². The lowest BCUT2D eigenvalue weighted by molar-refractivity contribution is 1.22. The Morgan fingerprint density at radius 3 is 2.77 bits per heavy atom. The minimum atomic E-state index is 0.228. The van der Waals surface area contributed by atoms with Crippen LogP contribution in [0.4, 0.5) is 0 Å². The van der Waals surface area contributed by atoms with Gasteiger partial charge in [0.15, 0.2) is 0 Å². The molecule has 66 valence electrons. The highest BCUT2D eigenvalue weighted by atomic mass is 79.9. The van der Waals surface area contributed by atoms with E-state index in [1.54, 1.807) is 12.3 Å². The Bertz CT molecular complexity index is 473. The molecule has 0 atom stereocenters. The molecule has 2 nitrogen and oxygen atoms in total. The Kier molecular flexibility index (Phi) is 2.41. The van der Waals surface area contributed by atoms with Crippen LogP contribution in [0.2, 0.25) is 10.3 Å². The van der Waals surface area contributed by atoms with E-state index in [0.29, 0.717) is 5.02 Å². The molecule has 0 bridgehead atoms. The van der Waals surface area contributed by atoms with Crippen LogP contribution in [-0.2, 0) is 0 Å². The van der Waals surface area contributed by atoms with Gasteiger partial charge in [0.1, 0.15) is 0 Å². The SMILES string of the molecule is Clc1ncc2cc(Br)c(Cl)cc2n1. The van der Waals surface area contributed by atoms with Crippen LogP contribution in [0.25, 0.3) is 10.9 Å². The number of nitrogens with zero attached hydrogens (tertiary/aromatic N) is 2. The highest BCUT2D eigenvalue weighted by molar-refractivity contribution is 9.10. The molecule has 0 aliphatic rings. The normalized spacial score (nSPS) is 10.7. The highest BCUT2D eigenvalue weighted by Crippen LogP contribution is 2.27. The zero-order valence-corrected chi connectivity index (χ0v) is 9.36. The van der Waals surface area contributed by atoms with Crippen molar-refractivity contribution in [3.05, 3.63) is 33.1 Å². The van der Waals surface area contributed by atoms with Gasteiger partial charge in [-0.05, 0) is 39.7 Å². The Balaban J connectivity index is 2.81. The van der Waals surface area contributed by atoms with Gasteiger partial charge in [-0.15, -0.1) is 0 Å². The number of halogens is 3. The van der Waals surface area contributed by atoms with Crippen molar-refractivity contribution in [2.24, 2.45) is 0 Å². The Morgan fingerprint density at radius 1 is 1.23 bits per heavy atom. The number of rotatable bonds is 0. The molecule has 0 saturated carbocycles. The molecule has 0 spiro atoms. The van der Waals surface area contributed by atoms with Gasteiger partial charge >= 0.3 is 0 Å². The average Bonchev–Trinajstić information content (AvgIpc) is 2.08. The summed E-state index contributed by atoms with van der Waals surface area (Å²) < 4.78 is 0.826. The van der Waals surface area contributed by atoms with Crippen LogP contribution in [0.1, 0.15) is 0 Å². The molecular formula is C8H3BrCl2N2. The molecule has 0 unspecified atom stereocenters. The van der Waals surface area contributed by atoms with Gasteiger partial charge in [0.05, 0.1) is 10.5 Å². The molecule has 0 radical (unpaired) electrons. The summed E-state index contributed by atoms with van der Waals surface area (Å²) in [5.41, 5.74) is 0.744. The van der Waals surface area contributed by atoms with Gasteiger partial charge < -0.3 is 0 Å². The molecule has 0 amide bonds. The van der Waals surface area contributed by atoms with Crippen LogP contribution in [0.15, 0.2) is 22.8 Å². The predicted octanol–water partition coefficient (Wildman–Crippen LogP) is 3.70. The van der Waals surface area contributed by atoms with Gasteiger partial charge in [0.25, 0.3) is 0 Å². The smallest absolute Gasteiger partial charge is 0.222 e. The fourth-order valence-electron chi connectivity index (χ4n) is 1.00. The maximum Gasteiger partial charge on any atom is 0.222 e. The molecule has 0 N–H and O–H groups in total. The van der Waals surface area contributed by atoms with Crippen molar-refractivity contribution in [2.45, 2.75) is 0 Å². The first-order valence-corrected chi connectivity index (χ1v) is 4.99. The molecular weight excluding hydrogens is 275 g/mol. The first kappa shape index (κ1) is 9.19. The molecule has 1 aromatic carbocycles. The largest absolute Gasteiger partial charge is 0.226 e. The second kappa shape index (κ2) is 3.40. The quantitative estimate of drug-likeness (QED) is 0.686. The lowest BCUT2D eigenvalue weighted by atomic mass is 10.2. The van der Waals surface area contributed by atoms with Gasteiger partial charge in [0, 0.05) is 16.1 Å². The third-order valence-electron chi connectivity index (χ3n) is 1.59. The van der Waals surface area contributed by atoms with E-state index in [1.807, 2.05) is 6.07 Å². The van der Waals surface area contributed by atoms with E-state index in [-0.39, 0.29) is 5.28 Å². The summed E-state index contributed by atoms with van der Waals surface area (Å²) in [7, 11) is 0. The molecule has 0 aliphatic carbocycles. The summed E-state index contributed by atoms with van der Waals surface area (Å²) in [5.74, 6) is 0. The van der Waals surface area contributed by atoms with Crippen LogP contribution >= 0.6 is 39.1 Å². The van der Waals surface area contributed by atoms with Gasteiger partial charge in [-0.2, -0.15) is 0 Å². The summed E-state index contributed by atoms with van der Waals surface area (Å²) in [6.45, 7) is 0. The van der Waals surface area contributed by atoms with E-state index >= 15 is 0 Å². The molecule has 2 rings (SSSR count). The lowest BCUT2D eigenvalue weighted by Crippen LogP contribution is -1.84. The zero-order chi connectivity index (χ0) is 9.42. The zero-order valence-electron chi connectivity index (χ0n) is 6.26. The Hall–Kier alpha value is -0.380. The minimum absolute atomic E-state index is 0.228. The highest BCUT2D eigenvalue weighted by Gasteiger charge is 2.02. The third-order valence-corrected chi connectivity index (χ3v) is 2.97. The van der Waals surface area contributed by atoms with E-state index < -0.39 is 0 Å². The number of aromatic nitrogens is 2. The van der Waals surface area contributed by atoms with Crippen molar-refractivity contribution in [2.75, 3.05) is 0 Å². The van der Waals surface area contributed by atoms with Crippen molar-refractivity contribution in [1.29, 1.82) is 0 Å². The summed E-state index contributed by atoms with van der Waals surface area (Å²) in [6.07, 6.45) is 1.66. The number of hydrogen-bond acceptors (Lipinski definition) is 2. The van der Waals surface area contributed by atoms with Crippen molar-refractivity contribution in [3.63, 3.8) is 0 Å². The van der Waals surface area contributed by atoms with Crippen LogP contribution in [0, 0.1) is 0 Å². The molecule has 1 heterocycles. The summed E-state index contributed by atoms with van der Waals surface area (Å²) >= 11 is 14.8. The maximum absolute atomic E-state index is 5.89. The predicted molar refractivity (Wildman–Crippen MR) is 57.3 cm³/mol. The van der Waals surface area contributed by atoms with E-state index in [2.05, 4.69) is 25.9 Å². The fraction of sp³-hybridized carbons (Fsp3) is 0.